The summed E-state index contributed by atoms with van der Waals surface area (Å²) in [5.74, 6) is 3.31. The summed E-state index contributed by atoms with van der Waals surface area (Å²) in [7, 11) is 1.65. The number of methoxy groups -OCH3 is 1. The summed E-state index contributed by atoms with van der Waals surface area (Å²) in [5, 5.41) is 6.57. The van der Waals surface area contributed by atoms with Gasteiger partial charge in [0, 0.05) is 31.6 Å². The van der Waals surface area contributed by atoms with Gasteiger partial charge >= 0.3 is 0 Å². The van der Waals surface area contributed by atoms with E-state index in [2.05, 4.69) is 31.6 Å². The maximum atomic E-state index is 12.5. The average Bonchev–Trinajstić information content (AvgIpc) is 3.62. The molecule has 2 aliphatic rings. The van der Waals surface area contributed by atoms with Gasteiger partial charge in [-0.3, -0.25) is 4.79 Å². The second kappa shape index (κ2) is 9.98. The molecule has 2 fully saturated rings. The van der Waals surface area contributed by atoms with E-state index in [1.165, 1.54) is 12.8 Å². The summed E-state index contributed by atoms with van der Waals surface area (Å²) < 4.78 is 5.28. The van der Waals surface area contributed by atoms with E-state index in [0.717, 1.165) is 55.3 Å². The number of ether oxygens (including phenoxy) is 1. The number of hydrogen-bond donors (Lipinski definition) is 2. The van der Waals surface area contributed by atoms with E-state index in [-0.39, 0.29) is 11.9 Å². The number of rotatable bonds is 9. The predicted molar refractivity (Wildman–Crippen MR) is 122 cm³/mol. The number of nitrogens with zero attached hydrogens (tertiary/aromatic N) is 3. The molecule has 2 heterocycles. The van der Waals surface area contributed by atoms with Gasteiger partial charge < -0.3 is 20.3 Å². The molecular weight excluding hydrogens is 390 g/mol. The Morgan fingerprint density at radius 3 is 2.94 bits per heavy atom. The standard InChI is InChI=1S/C24H33N5O2/c1-17(19-6-3-7-21(13-19)31-2)27-24(30)11-8-18-5-4-12-29(15-18)23-14-22(25-16-26-23)28-20-9-10-20/h3,6-7,13-14,16-18,20H,4-5,8-12,15H2,1-2H3,(H,27,30)(H,25,26,28). The second-order valence-electron chi connectivity index (χ2n) is 8.74. The number of benzene rings is 1. The third-order valence-corrected chi connectivity index (χ3v) is 6.18. The molecule has 166 valence electrons. The highest BCUT2D eigenvalue weighted by molar-refractivity contribution is 5.76. The number of hydrogen-bond acceptors (Lipinski definition) is 6. The summed E-state index contributed by atoms with van der Waals surface area (Å²) in [5.41, 5.74) is 1.05. The number of piperidine rings is 1. The molecule has 1 aromatic heterocycles. The smallest absolute Gasteiger partial charge is 0.220 e. The molecule has 1 aromatic carbocycles. The van der Waals surface area contributed by atoms with Gasteiger partial charge in [-0.2, -0.15) is 0 Å². The van der Waals surface area contributed by atoms with E-state index in [9.17, 15) is 4.79 Å². The van der Waals surface area contributed by atoms with Crippen LogP contribution in [0.5, 0.6) is 5.75 Å². The highest BCUT2D eigenvalue weighted by Gasteiger charge is 2.24. The van der Waals surface area contributed by atoms with Crippen molar-refractivity contribution >= 4 is 17.5 Å². The number of carbonyl (C=O) groups excluding carboxylic acids is 1. The van der Waals surface area contributed by atoms with Crippen LogP contribution in [0.25, 0.3) is 0 Å². The minimum atomic E-state index is -0.0381. The van der Waals surface area contributed by atoms with Gasteiger partial charge in [-0.25, -0.2) is 9.97 Å². The number of nitrogens with one attached hydrogen (secondary N) is 2. The Labute approximate surface area is 184 Å². The lowest BCUT2D eigenvalue weighted by Gasteiger charge is -2.33. The molecule has 0 bridgehead atoms. The van der Waals surface area contributed by atoms with Gasteiger partial charge in [0.15, 0.2) is 0 Å². The third-order valence-electron chi connectivity index (χ3n) is 6.18. The minimum Gasteiger partial charge on any atom is -0.497 e. The molecular formula is C24H33N5O2. The summed E-state index contributed by atoms with van der Waals surface area (Å²) in [4.78, 5) is 23.7. The van der Waals surface area contributed by atoms with E-state index in [1.807, 2.05) is 31.2 Å². The zero-order chi connectivity index (χ0) is 21.6. The summed E-state index contributed by atoms with van der Waals surface area (Å²) in [6.07, 6.45) is 7.83. The largest absolute Gasteiger partial charge is 0.497 e. The Morgan fingerprint density at radius 2 is 2.13 bits per heavy atom. The van der Waals surface area contributed by atoms with Crippen LogP contribution in [-0.2, 0) is 4.79 Å². The van der Waals surface area contributed by atoms with Gasteiger partial charge in [-0.05, 0) is 62.6 Å². The molecule has 4 rings (SSSR count). The van der Waals surface area contributed by atoms with Crippen LogP contribution in [-0.4, -0.2) is 42.1 Å². The molecule has 2 atom stereocenters. The lowest BCUT2D eigenvalue weighted by atomic mass is 9.93. The van der Waals surface area contributed by atoms with Crippen molar-refractivity contribution in [3.05, 3.63) is 42.2 Å². The quantitative estimate of drug-likeness (QED) is 0.636. The monoisotopic (exact) mass is 423 g/mol. The van der Waals surface area contributed by atoms with Gasteiger partial charge in [-0.1, -0.05) is 12.1 Å². The average molecular weight is 424 g/mol. The van der Waals surface area contributed by atoms with Crippen LogP contribution < -0.4 is 20.3 Å². The Hall–Kier alpha value is -2.83. The first-order chi connectivity index (χ1) is 15.1. The molecule has 2 unspecified atom stereocenters. The summed E-state index contributed by atoms with van der Waals surface area (Å²) in [6, 6.07) is 10.4. The van der Waals surface area contributed by atoms with Crippen molar-refractivity contribution in [2.75, 3.05) is 30.4 Å². The van der Waals surface area contributed by atoms with Gasteiger partial charge in [0.2, 0.25) is 5.91 Å². The number of amides is 1. The first-order valence-corrected chi connectivity index (χ1v) is 11.4. The molecule has 1 amide bonds. The number of carbonyl (C=O) groups is 1. The van der Waals surface area contributed by atoms with Crippen LogP contribution in [0, 0.1) is 5.92 Å². The Bertz CT molecular complexity index is 886. The zero-order valence-electron chi connectivity index (χ0n) is 18.5. The predicted octanol–water partition coefficient (Wildman–Crippen LogP) is 3.93. The van der Waals surface area contributed by atoms with E-state index in [1.54, 1.807) is 13.4 Å². The van der Waals surface area contributed by atoms with Gasteiger partial charge in [-0.15, -0.1) is 0 Å². The van der Waals surface area contributed by atoms with Crippen LogP contribution in [0.1, 0.15) is 57.1 Å². The maximum Gasteiger partial charge on any atom is 0.220 e. The van der Waals surface area contributed by atoms with Crippen molar-refractivity contribution in [1.29, 1.82) is 0 Å². The molecule has 1 saturated carbocycles. The maximum absolute atomic E-state index is 12.5. The highest BCUT2D eigenvalue weighted by Crippen LogP contribution is 2.28. The minimum absolute atomic E-state index is 0.0381. The molecule has 2 N–H and O–H groups in total. The molecule has 1 aliphatic heterocycles. The van der Waals surface area contributed by atoms with E-state index in [0.29, 0.717) is 18.4 Å². The lowest BCUT2D eigenvalue weighted by molar-refractivity contribution is -0.122. The molecule has 0 spiro atoms. The normalized spacial score (nSPS) is 19.5. The van der Waals surface area contributed by atoms with Crippen LogP contribution in [0.4, 0.5) is 11.6 Å². The van der Waals surface area contributed by atoms with E-state index in [4.69, 9.17) is 4.74 Å². The topological polar surface area (TPSA) is 79.4 Å². The van der Waals surface area contributed by atoms with E-state index >= 15 is 0 Å². The second-order valence-corrected chi connectivity index (χ2v) is 8.74. The zero-order valence-corrected chi connectivity index (χ0v) is 18.5. The summed E-state index contributed by atoms with van der Waals surface area (Å²) in [6.45, 7) is 3.96. The summed E-state index contributed by atoms with van der Waals surface area (Å²) >= 11 is 0. The third kappa shape index (κ3) is 6.09. The van der Waals surface area contributed by atoms with Crippen molar-refractivity contribution < 1.29 is 9.53 Å². The van der Waals surface area contributed by atoms with Crippen LogP contribution >= 0.6 is 0 Å². The SMILES string of the molecule is COc1cccc(C(C)NC(=O)CCC2CCCN(c3cc(NC4CC4)ncn3)C2)c1. The first kappa shape index (κ1) is 21.4. The van der Waals surface area contributed by atoms with Crippen molar-refractivity contribution in [3.63, 3.8) is 0 Å². The van der Waals surface area contributed by atoms with Crippen LogP contribution in [0.2, 0.25) is 0 Å². The van der Waals surface area contributed by atoms with Gasteiger partial charge in [0.05, 0.1) is 13.2 Å². The van der Waals surface area contributed by atoms with Gasteiger partial charge in [0.1, 0.15) is 23.7 Å². The Kier molecular flexibility index (Phi) is 6.89. The van der Waals surface area contributed by atoms with Crippen LogP contribution in [0.3, 0.4) is 0 Å². The highest BCUT2D eigenvalue weighted by atomic mass is 16.5. The van der Waals surface area contributed by atoms with Crippen molar-refractivity contribution in [2.45, 2.75) is 57.5 Å². The number of aromatic nitrogens is 2. The van der Waals surface area contributed by atoms with Crippen molar-refractivity contribution in [2.24, 2.45) is 5.92 Å². The van der Waals surface area contributed by atoms with E-state index < -0.39 is 0 Å². The molecule has 31 heavy (non-hydrogen) atoms. The first-order valence-electron chi connectivity index (χ1n) is 11.4. The fourth-order valence-electron chi connectivity index (χ4n) is 4.19. The molecule has 1 saturated heterocycles. The molecule has 1 aliphatic carbocycles. The molecule has 0 radical (unpaired) electrons. The number of anilines is 2. The van der Waals surface area contributed by atoms with Crippen molar-refractivity contribution in [1.82, 2.24) is 15.3 Å². The fourth-order valence-corrected chi connectivity index (χ4v) is 4.19. The molecule has 2 aromatic rings. The van der Waals surface area contributed by atoms with Crippen molar-refractivity contribution in [3.8, 4) is 5.75 Å². The lowest BCUT2D eigenvalue weighted by Crippen LogP contribution is -2.36. The Morgan fingerprint density at radius 1 is 1.26 bits per heavy atom. The fraction of sp³-hybridized carbons (Fsp3) is 0.542. The van der Waals surface area contributed by atoms with Crippen LogP contribution in [0.15, 0.2) is 36.7 Å². The Balaban J connectivity index is 1.26. The van der Waals surface area contributed by atoms with Gasteiger partial charge in [0.25, 0.3) is 0 Å². The molecule has 7 heteroatoms. The molecule has 7 nitrogen and oxygen atoms in total.